The highest BCUT2D eigenvalue weighted by atomic mass is 19.1. The Kier molecular flexibility index (Phi) is 7.05. The Hall–Kier alpha value is -1.21. The van der Waals surface area contributed by atoms with Gasteiger partial charge in [-0.1, -0.05) is 6.92 Å². The summed E-state index contributed by atoms with van der Waals surface area (Å²) in [5.74, 6) is 0.248. The van der Waals surface area contributed by atoms with Crippen molar-refractivity contribution in [2.75, 3.05) is 45.9 Å². The third-order valence-corrected chi connectivity index (χ3v) is 3.68. The fourth-order valence-corrected chi connectivity index (χ4v) is 2.38. The van der Waals surface area contributed by atoms with Gasteiger partial charge in [0, 0.05) is 26.2 Å². The van der Waals surface area contributed by atoms with Gasteiger partial charge in [-0.3, -0.25) is 4.90 Å². The third kappa shape index (κ3) is 5.88. The Labute approximate surface area is 131 Å². The van der Waals surface area contributed by atoms with Crippen LogP contribution in [0.5, 0.6) is 5.75 Å². The number of aliphatic hydroxyl groups excluding tert-OH is 1. The molecule has 6 heteroatoms. The number of hydrogen-bond acceptors (Lipinski definition) is 5. The van der Waals surface area contributed by atoms with E-state index >= 15 is 0 Å². The van der Waals surface area contributed by atoms with Gasteiger partial charge < -0.3 is 19.9 Å². The van der Waals surface area contributed by atoms with Gasteiger partial charge in [-0.15, -0.1) is 0 Å². The first-order chi connectivity index (χ1) is 10.7. The smallest absolute Gasteiger partial charge is 0.123 e. The van der Waals surface area contributed by atoms with Crippen LogP contribution in [-0.4, -0.2) is 68.2 Å². The number of morpholine rings is 1. The molecule has 0 aliphatic carbocycles. The van der Waals surface area contributed by atoms with Crippen molar-refractivity contribution in [1.29, 1.82) is 0 Å². The van der Waals surface area contributed by atoms with Crippen LogP contribution in [0.4, 0.5) is 4.39 Å². The Morgan fingerprint density at radius 1 is 1.45 bits per heavy atom. The second kappa shape index (κ2) is 9.05. The van der Waals surface area contributed by atoms with Crippen molar-refractivity contribution in [3.8, 4) is 5.75 Å². The lowest BCUT2D eigenvalue weighted by molar-refractivity contribution is -0.0266. The molecule has 0 aromatic heterocycles. The molecular weight excluding hydrogens is 287 g/mol. The van der Waals surface area contributed by atoms with Crippen molar-refractivity contribution < 1.29 is 19.0 Å². The molecule has 0 unspecified atom stereocenters. The van der Waals surface area contributed by atoms with E-state index in [0.29, 0.717) is 18.8 Å². The Bertz CT molecular complexity index is 430. The summed E-state index contributed by atoms with van der Waals surface area (Å²) in [5.41, 5.74) is 0. The lowest BCUT2D eigenvalue weighted by Crippen LogP contribution is -2.47. The van der Waals surface area contributed by atoms with E-state index in [2.05, 4.69) is 17.1 Å². The normalized spacial score (nSPS) is 20.8. The zero-order valence-corrected chi connectivity index (χ0v) is 13.0. The molecular formula is C16H25FN2O3. The SMILES string of the molecule is CCN1CCO[C@H](CNC[C@H](O)COc2ccc(F)cc2)C1. The maximum atomic E-state index is 12.8. The van der Waals surface area contributed by atoms with Crippen molar-refractivity contribution in [1.82, 2.24) is 10.2 Å². The van der Waals surface area contributed by atoms with Gasteiger partial charge >= 0.3 is 0 Å². The Morgan fingerprint density at radius 3 is 2.95 bits per heavy atom. The molecule has 0 spiro atoms. The molecule has 1 aliphatic rings. The molecule has 1 aliphatic heterocycles. The molecule has 0 bridgehead atoms. The zero-order valence-electron chi connectivity index (χ0n) is 13.0. The second-order valence-electron chi connectivity index (χ2n) is 5.46. The van der Waals surface area contributed by atoms with Crippen LogP contribution in [0.25, 0.3) is 0 Å². The summed E-state index contributed by atoms with van der Waals surface area (Å²) < 4.78 is 23.8. The van der Waals surface area contributed by atoms with Crippen LogP contribution in [-0.2, 0) is 4.74 Å². The summed E-state index contributed by atoms with van der Waals surface area (Å²) >= 11 is 0. The van der Waals surface area contributed by atoms with Gasteiger partial charge in [0.25, 0.3) is 0 Å². The van der Waals surface area contributed by atoms with E-state index in [9.17, 15) is 9.50 Å². The van der Waals surface area contributed by atoms with Crippen molar-refractivity contribution in [3.05, 3.63) is 30.1 Å². The highest BCUT2D eigenvalue weighted by molar-refractivity contribution is 5.22. The van der Waals surface area contributed by atoms with Crippen molar-refractivity contribution in [2.24, 2.45) is 0 Å². The minimum Gasteiger partial charge on any atom is -0.491 e. The molecule has 124 valence electrons. The standard InChI is InChI=1S/C16H25FN2O3/c1-2-19-7-8-21-16(11-19)10-18-9-14(20)12-22-15-5-3-13(17)4-6-15/h3-6,14,16,18,20H,2,7-12H2,1H3/t14-,16+/m0/s1. The van der Waals surface area contributed by atoms with Crippen LogP contribution in [0.3, 0.4) is 0 Å². The van der Waals surface area contributed by atoms with Crippen molar-refractivity contribution in [2.45, 2.75) is 19.1 Å². The molecule has 0 radical (unpaired) electrons. The first-order valence-corrected chi connectivity index (χ1v) is 7.78. The molecule has 2 atom stereocenters. The fraction of sp³-hybridized carbons (Fsp3) is 0.625. The maximum Gasteiger partial charge on any atom is 0.123 e. The molecule has 0 saturated carbocycles. The van der Waals surface area contributed by atoms with Crippen molar-refractivity contribution in [3.63, 3.8) is 0 Å². The molecule has 2 rings (SSSR count). The first-order valence-electron chi connectivity index (χ1n) is 7.78. The minimum atomic E-state index is -0.615. The number of halogens is 1. The van der Waals surface area contributed by atoms with Gasteiger partial charge in [0.15, 0.2) is 0 Å². The second-order valence-corrected chi connectivity index (χ2v) is 5.46. The highest BCUT2D eigenvalue weighted by Crippen LogP contribution is 2.11. The number of nitrogens with zero attached hydrogens (tertiary/aromatic N) is 1. The number of ether oxygens (including phenoxy) is 2. The van der Waals surface area contributed by atoms with Crippen LogP contribution in [0.1, 0.15) is 6.92 Å². The highest BCUT2D eigenvalue weighted by Gasteiger charge is 2.19. The maximum absolute atomic E-state index is 12.8. The van der Waals surface area contributed by atoms with Gasteiger partial charge in [0.1, 0.15) is 24.3 Å². The largest absolute Gasteiger partial charge is 0.491 e. The van der Waals surface area contributed by atoms with Gasteiger partial charge in [0.05, 0.1) is 12.7 Å². The molecule has 22 heavy (non-hydrogen) atoms. The third-order valence-electron chi connectivity index (χ3n) is 3.68. The summed E-state index contributed by atoms with van der Waals surface area (Å²) in [5, 5.41) is 13.1. The topological polar surface area (TPSA) is 54.0 Å². The summed E-state index contributed by atoms with van der Waals surface area (Å²) in [6, 6.07) is 5.76. The van der Waals surface area contributed by atoms with Crippen LogP contribution in [0.2, 0.25) is 0 Å². The average Bonchev–Trinajstić information content (AvgIpc) is 2.54. The van der Waals surface area contributed by atoms with Crippen molar-refractivity contribution >= 4 is 0 Å². The number of aliphatic hydroxyl groups is 1. The van der Waals surface area contributed by atoms with Crippen LogP contribution in [0.15, 0.2) is 24.3 Å². The van der Waals surface area contributed by atoms with Gasteiger partial charge in [-0.25, -0.2) is 4.39 Å². The molecule has 2 N–H and O–H groups in total. The van der Waals surface area contributed by atoms with E-state index in [1.165, 1.54) is 12.1 Å². The monoisotopic (exact) mass is 312 g/mol. The van der Waals surface area contributed by atoms with Crippen LogP contribution in [0, 0.1) is 5.82 Å². The average molecular weight is 312 g/mol. The van der Waals surface area contributed by atoms with E-state index < -0.39 is 6.10 Å². The van der Waals surface area contributed by atoms with E-state index in [0.717, 1.165) is 26.2 Å². The number of nitrogens with one attached hydrogen (secondary N) is 1. The van der Waals surface area contributed by atoms with Gasteiger partial charge in [-0.05, 0) is 30.8 Å². The summed E-state index contributed by atoms with van der Waals surface area (Å²) in [6.45, 7) is 7.17. The number of rotatable bonds is 8. The molecule has 1 heterocycles. The fourth-order valence-electron chi connectivity index (χ4n) is 2.38. The Morgan fingerprint density at radius 2 is 2.23 bits per heavy atom. The molecule has 0 amide bonds. The molecule has 1 fully saturated rings. The molecule has 1 aromatic rings. The molecule has 1 saturated heterocycles. The van der Waals surface area contributed by atoms with E-state index in [1.54, 1.807) is 12.1 Å². The predicted octanol–water partition coefficient (Wildman–Crippen LogP) is 0.876. The lowest BCUT2D eigenvalue weighted by Gasteiger charge is -2.32. The zero-order chi connectivity index (χ0) is 15.8. The van der Waals surface area contributed by atoms with Gasteiger partial charge in [0.2, 0.25) is 0 Å². The molecule has 1 aromatic carbocycles. The molecule has 5 nitrogen and oxygen atoms in total. The summed E-state index contributed by atoms with van der Waals surface area (Å²) in [7, 11) is 0. The van der Waals surface area contributed by atoms with E-state index in [-0.39, 0.29) is 18.5 Å². The van der Waals surface area contributed by atoms with Crippen LogP contribution >= 0.6 is 0 Å². The minimum absolute atomic E-state index is 0.166. The quantitative estimate of drug-likeness (QED) is 0.746. The number of likely N-dealkylation sites (N-methyl/N-ethyl adjacent to an activating group) is 1. The van der Waals surface area contributed by atoms with E-state index in [1.807, 2.05) is 0 Å². The van der Waals surface area contributed by atoms with Crippen LogP contribution < -0.4 is 10.1 Å². The first kappa shape index (κ1) is 17.1. The van der Waals surface area contributed by atoms with Gasteiger partial charge in [-0.2, -0.15) is 0 Å². The number of hydrogen-bond donors (Lipinski definition) is 2. The number of benzene rings is 1. The van der Waals surface area contributed by atoms with E-state index in [4.69, 9.17) is 9.47 Å². The summed E-state index contributed by atoms with van der Waals surface area (Å²) in [4.78, 5) is 2.35. The Balaban J connectivity index is 1.59. The summed E-state index contributed by atoms with van der Waals surface area (Å²) in [6.07, 6.45) is -0.449. The predicted molar refractivity (Wildman–Crippen MR) is 82.6 cm³/mol. The lowest BCUT2D eigenvalue weighted by atomic mass is 10.2.